The number of hydrazine groups is 1. The minimum atomic E-state index is 0.652. The quantitative estimate of drug-likeness (QED) is 0.761. The van der Waals surface area contributed by atoms with E-state index in [0.717, 1.165) is 13.1 Å². The fourth-order valence-electron chi connectivity index (χ4n) is 1.95. The van der Waals surface area contributed by atoms with Crippen LogP contribution in [0.2, 0.25) is 0 Å². The van der Waals surface area contributed by atoms with Gasteiger partial charge >= 0.3 is 0 Å². The van der Waals surface area contributed by atoms with Crippen molar-refractivity contribution < 1.29 is 0 Å². The SMILES string of the molecule is S=CNN1CCC(c2ccccc2)C1. The lowest BCUT2D eigenvalue weighted by atomic mass is 9.99. The van der Waals surface area contributed by atoms with Gasteiger partial charge in [0, 0.05) is 13.1 Å². The van der Waals surface area contributed by atoms with Crippen LogP contribution in [0.1, 0.15) is 17.9 Å². The van der Waals surface area contributed by atoms with Crippen LogP contribution >= 0.6 is 12.2 Å². The first-order chi connectivity index (χ1) is 6.90. The predicted molar refractivity (Wildman–Crippen MR) is 62.2 cm³/mol. The summed E-state index contributed by atoms with van der Waals surface area (Å²) in [5, 5.41) is 2.17. The Labute approximate surface area is 89.9 Å². The van der Waals surface area contributed by atoms with Gasteiger partial charge < -0.3 is 5.43 Å². The number of nitrogens with zero attached hydrogens (tertiary/aromatic N) is 1. The predicted octanol–water partition coefficient (Wildman–Crippen LogP) is 1.94. The summed E-state index contributed by atoms with van der Waals surface area (Å²) in [6, 6.07) is 10.7. The standard InChI is InChI=1S/C11H14N2S/c14-9-12-13-7-6-11(8-13)10-4-2-1-3-5-10/h1-5,9,11H,6-8H2,(H,12,14). The maximum absolute atomic E-state index is 4.77. The summed E-state index contributed by atoms with van der Waals surface area (Å²) in [7, 11) is 0. The third kappa shape index (κ3) is 2.11. The van der Waals surface area contributed by atoms with Gasteiger partial charge in [0.25, 0.3) is 0 Å². The lowest BCUT2D eigenvalue weighted by Gasteiger charge is -2.14. The molecule has 0 saturated carbocycles. The minimum absolute atomic E-state index is 0.652. The van der Waals surface area contributed by atoms with Crippen LogP contribution in [0.25, 0.3) is 0 Å². The first kappa shape index (κ1) is 9.62. The number of thiocarbonyl (C=S) groups is 1. The summed E-state index contributed by atoms with van der Waals surface area (Å²) in [4.78, 5) is 0. The van der Waals surface area contributed by atoms with E-state index in [-0.39, 0.29) is 0 Å². The highest BCUT2D eigenvalue weighted by molar-refractivity contribution is 7.78. The van der Waals surface area contributed by atoms with Crippen LogP contribution < -0.4 is 5.43 Å². The molecular formula is C11H14N2S. The molecule has 1 aliphatic rings. The molecule has 0 radical (unpaired) electrons. The van der Waals surface area contributed by atoms with Crippen molar-refractivity contribution in [1.82, 2.24) is 10.4 Å². The molecule has 0 bridgehead atoms. The fraction of sp³-hybridized carbons (Fsp3) is 0.364. The molecule has 0 aromatic heterocycles. The van der Waals surface area contributed by atoms with Crippen molar-refractivity contribution in [3.05, 3.63) is 35.9 Å². The highest BCUT2D eigenvalue weighted by atomic mass is 32.1. The van der Waals surface area contributed by atoms with Crippen LogP contribution in [0.4, 0.5) is 0 Å². The zero-order valence-corrected chi connectivity index (χ0v) is 8.83. The Morgan fingerprint density at radius 2 is 2.14 bits per heavy atom. The van der Waals surface area contributed by atoms with E-state index < -0.39 is 0 Å². The van der Waals surface area contributed by atoms with Crippen molar-refractivity contribution in [2.24, 2.45) is 0 Å². The maximum atomic E-state index is 4.77. The molecular weight excluding hydrogens is 192 g/mol. The van der Waals surface area contributed by atoms with E-state index in [2.05, 4.69) is 40.8 Å². The third-order valence-corrected chi connectivity index (χ3v) is 2.80. The van der Waals surface area contributed by atoms with Crippen LogP contribution in [-0.4, -0.2) is 23.6 Å². The summed E-state index contributed by atoms with van der Waals surface area (Å²) in [5.41, 5.74) is 6.08. The van der Waals surface area contributed by atoms with Crippen molar-refractivity contribution in [2.75, 3.05) is 13.1 Å². The average molecular weight is 206 g/mol. The molecule has 3 heteroatoms. The van der Waals surface area contributed by atoms with Gasteiger partial charge in [-0.3, -0.25) is 0 Å². The Hall–Kier alpha value is -0.930. The Kier molecular flexibility index (Phi) is 3.11. The number of benzene rings is 1. The van der Waals surface area contributed by atoms with Gasteiger partial charge in [-0.2, -0.15) is 0 Å². The summed E-state index contributed by atoms with van der Waals surface area (Å²) in [5.74, 6) is 0.652. The van der Waals surface area contributed by atoms with Crippen LogP contribution in [0.5, 0.6) is 0 Å². The lowest BCUT2D eigenvalue weighted by Crippen LogP contribution is -2.33. The number of nitrogens with one attached hydrogen (secondary N) is 1. The van der Waals surface area contributed by atoms with Crippen molar-refractivity contribution in [1.29, 1.82) is 0 Å². The second kappa shape index (κ2) is 4.53. The minimum Gasteiger partial charge on any atom is -0.315 e. The highest BCUT2D eigenvalue weighted by Gasteiger charge is 2.22. The number of hydrogen-bond acceptors (Lipinski definition) is 2. The molecule has 0 spiro atoms. The second-order valence-electron chi connectivity index (χ2n) is 3.59. The zero-order valence-electron chi connectivity index (χ0n) is 8.02. The molecule has 1 atom stereocenters. The number of hydrogen-bond donors (Lipinski definition) is 1. The molecule has 1 heterocycles. The molecule has 1 aliphatic heterocycles. The molecule has 1 aromatic rings. The monoisotopic (exact) mass is 206 g/mol. The molecule has 74 valence electrons. The Bertz CT molecular complexity index is 299. The number of rotatable bonds is 3. The van der Waals surface area contributed by atoms with Gasteiger partial charge in [-0.05, 0) is 17.9 Å². The normalized spacial score (nSPS) is 22.1. The smallest absolute Gasteiger partial charge is 0.0759 e. The summed E-state index contributed by atoms with van der Waals surface area (Å²) >= 11 is 4.77. The Morgan fingerprint density at radius 1 is 1.36 bits per heavy atom. The first-order valence-corrected chi connectivity index (χ1v) is 5.37. The molecule has 1 N–H and O–H groups in total. The molecule has 2 rings (SSSR count). The van der Waals surface area contributed by atoms with Crippen molar-refractivity contribution >= 4 is 17.7 Å². The Balaban J connectivity index is 1.99. The highest BCUT2D eigenvalue weighted by Crippen LogP contribution is 2.25. The van der Waals surface area contributed by atoms with Crippen molar-refractivity contribution in [3.63, 3.8) is 0 Å². The van der Waals surface area contributed by atoms with Gasteiger partial charge in [-0.25, -0.2) is 5.01 Å². The van der Waals surface area contributed by atoms with Gasteiger partial charge in [0.05, 0.1) is 5.49 Å². The van der Waals surface area contributed by atoms with E-state index in [9.17, 15) is 0 Å². The maximum Gasteiger partial charge on any atom is 0.0759 e. The van der Waals surface area contributed by atoms with Gasteiger partial charge in [0.1, 0.15) is 0 Å². The zero-order chi connectivity index (χ0) is 9.80. The molecule has 1 fully saturated rings. The largest absolute Gasteiger partial charge is 0.315 e. The Morgan fingerprint density at radius 3 is 2.86 bits per heavy atom. The molecule has 2 nitrogen and oxygen atoms in total. The summed E-state index contributed by atoms with van der Waals surface area (Å²) in [6.45, 7) is 2.13. The van der Waals surface area contributed by atoms with Crippen LogP contribution in [0.15, 0.2) is 30.3 Å². The first-order valence-electron chi connectivity index (χ1n) is 4.90. The summed E-state index contributed by atoms with van der Waals surface area (Å²) in [6.07, 6.45) is 1.21. The third-order valence-electron chi connectivity index (χ3n) is 2.69. The fourth-order valence-corrected chi connectivity index (χ4v) is 2.10. The van der Waals surface area contributed by atoms with Crippen LogP contribution in [-0.2, 0) is 0 Å². The van der Waals surface area contributed by atoms with E-state index in [0.29, 0.717) is 5.92 Å². The topological polar surface area (TPSA) is 15.3 Å². The molecule has 14 heavy (non-hydrogen) atoms. The van der Waals surface area contributed by atoms with Crippen molar-refractivity contribution in [2.45, 2.75) is 12.3 Å². The van der Waals surface area contributed by atoms with Crippen LogP contribution in [0, 0.1) is 0 Å². The average Bonchev–Trinajstić information content (AvgIpc) is 2.68. The lowest BCUT2D eigenvalue weighted by molar-refractivity contribution is 0.297. The van der Waals surface area contributed by atoms with E-state index in [1.54, 1.807) is 5.49 Å². The van der Waals surface area contributed by atoms with Gasteiger partial charge in [-0.15, -0.1) is 0 Å². The van der Waals surface area contributed by atoms with Gasteiger partial charge in [0.15, 0.2) is 0 Å². The van der Waals surface area contributed by atoms with Gasteiger partial charge in [0.2, 0.25) is 0 Å². The summed E-state index contributed by atoms with van der Waals surface area (Å²) < 4.78 is 0. The molecule has 1 unspecified atom stereocenters. The van der Waals surface area contributed by atoms with Gasteiger partial charge in [-0.1, -0.05) is 42.5 Å². The molecule has 0 aliphatic carbocycles. The van der Waals surface area contributed by atoms with Crippen LogP contribution in [0.3, 0.4) is 0 Å². The molecule has 1 saturated heterocycles. The molecule has 0 amide bonds. The van der Waals surface area contributed by atoms with Crippen molar-refractivity contribution in [3.8, 4) is 0 Å². The van der Waals surface area contributed by atoms with E-state index in [4.69, 9.17) is 12.2 Å². The molecule has 1 aromatic carbocycles. The van der Waals surface area contributed by atoms with E-state index in [1.807, 2.05) is 0 Å². The second-order valence-corrected chi connectivity index (χ2v) is 3.82. The van der Waals surface area contributed by atoms with E-state index in [1.165, 1.54) is 12.0 Å². The van der Waals surface area contributed by atoms with E-state index >= 15 is 0 Å².